The molecule has 3 rings (SSSR count). The maximum absolute atomic E-state index is 13.8. The quantitative estimate of drug-likeness (QED) is 0.672. The largest absolute Gasteiger partial charge is 0.493 e. The van der Waals surface area contributed by atoms with Crippen molar-refractivity contribution in [3.63, 3.8) is 0 Å². The van der Waals surface area contributed by atoms with E-state index >= 15 is 0 Å². The molecule has 8 heteroatoms. The second-order valence-corrected chi connectivity index (χ2v) is 7.92. The SMILES string of the molecule is COc1ccc(C(=O)N(c2ccc(F)c(Cl)c2)C(C)C(=O)NC2CCCC2)cc1OC. The van der Waals surface area contributed by atoms with Gasteiger partial charge in [-0.15, -0.1) is 0 Å². The molecule has 166 valence electrons. The van der Waals surface area contributed by atoms with E-state index in [9.17, 15) is 14.0 Å². The van der Waals surface area contributed by atoms with Crippen molar-refractivity contribution in [3.05, 3.63) is 52.8 Å². The van der Waals surface area contributed by atoms with Crippen molar-refractivity contribution in [3.8, 4) is 11.5 Å². The van der Waals surface area contributed by atoms with E-state index in [1.807, 2.05) is 0 Å². The Labute approximate surface area is 186 Å². The number of rotatable bonds is 7. The molecule has 0 spiro atoms. The molecule has 31 heavy (non-hydrogen) atoms. The highest BCUT2D eigenvalue weighted by Gasteiger charge is 2.31. The Bertz CT molecular complexity index is 963. The van der Waals surface area contributed by atoms with Gasteiger partial charge in [-0.25, -0.2) is 4.39 Å². The predicted molar refractivity (Wildman–Crippen MR) is 118 cm³/mol. The summed E-state index contributed by atoms with van der Waals surface area (Å²) in [5, 5.41) is 2.88. The number of nitrogens with zero attached hydrogens (tertiary/aromatic N) is 1. The number of benzene rings is 2. The molecule has 1 unspecified atom stereocenters. The summed E-state index contributed by atoms with van der Waals surface area (Å²) in [5.74, 6) is -0.471. The molecule has 1 atom stereocenters. The van der Waals surface area contributed by atoms with Gasteiger partial charge in [-0.3, -0.25) is 14.5 Å². The number of amides is 2. The molecule has 2 aromatic carbocycles. The number of carbonyl (C=O) groups is 2. The lowest BCUT2D eigenvalue weighted by molar-refractivity contribution is -0.122. The molecule has 0 aliphatic heterocycles. The van der Waals surface area contributed by atoms with Crippen LogP contribution in [0.2, 0.25) is 5.02 Å². The van der Waals surface area contributed by atoms with Crippen molar-refractivity contribution in [1.82, 2.24) is 5.32 Å². The van der Waals surface area contributed by atoms with E-state index in [-0.39, 0.29) is 17.0 Å². The molecule has 1 aliphatic carbocycles. The molecule has 2 aromatic rings. The maximum Gasteiger partial charge on any atom is 0.259 e. The summed E-state index contributed by atoms with van der Waals surface area (Å²) in [6.45, 7) is 1.64. The summed E-state index contributed by atoms with van der Waals surface area (Å²) in [7, 11) is 2.98. The molecule has 0 heterocycles. The van der Waals surface area contributed by atoms with Crippen LogP contribution in [0.15, 0.2) is 36.4 Å². The van der Waals surface area contributed by atoms with E-state index in [4.69, 9.17) is 21.1 Å². The minimum Gasteiger partial charge on any atom is -0.493 e. The monoisotopic (exact) mass is 448 g/mol. The number of carbonyl (C=O) groups excluding carboxylic acids is 2. The summed E-state index contributed by atoms with van der Waals surface area (Å²) >= 11 is 5.97. The van der Waals surface area contributed by atoms with Crippen molar-refractivity contribution >= 4 is 29.1 Å². The molecule has 1 fully saturated rings. The second kappa shape index (κ2) is 10.0. The molecule has 0 radical (unpaired) electrons. The van der Waals surface area contributed by atoms with Crippen LogP contribution in [0.25, 0.3) is 0 Å². The summed E-state index contributed by atoms with van der Waals surface area (Å²) in [6.07, 6.45) is 3.98. The van der Waals surface area contributed by atoms with E-state index < -0.39 is 17.8 Å². The number of ether oxygens (including phenoxy) is 2. The van der Waals surface area contributed by atoms with Crippen molar-refractivity contribution in [2.75, 3.05) is 19.1 Å². The molecule has 1 N–H and O–H groups in total. The van der Waals surface area contributed by atoms with Crippen molar-refractivity contribution in [2.45, 2.75) is 44.7 Å². The molecular weight excluding hydrogens is 423 g/mol. The highest BCUT2D eigenvalue weighted by Crippen LogP contribution is 2.31. The zero-order valence-corrected chi connectivity index (χ0v) is 18.5. The molecule has 0 aromatic heterocycles. The van der Waals surface area contributed by atoms with Crippen LogP contribution < -0.4 is 19.7 Å². The minimum atomic E-state index is -0.845. The number of nitrogens with one attached hydrogen (secondary N) is 1. The third-order valence-corrected chi connectivity index (χ3v) is 5.79. The van der Waals surface area contributed by atoms with Gasteiger partial charge in [-0.2, -0.15) is 0 Å². The van der Waals surface area contributed by atoms with Crippen LogP contribution in [-0.2, 0) is 4.79 Å². The van der Waals surface area contributed by atoms with Gasteiger partial charge < -0.3 is 14.8 Å². The average molecular weight is 449 g/mol. The Hall–Kier alpha value is -2.80. The zero-order valence-electron chi connectivity index (χ0n) is 17.8. The third-order valence-electron chi connectivity index (χ3n) is 5.50. The van der Waals surface area contributed by atoms with Crippen LogP contribution in [-0.4, -0.2) is 38.1 Å². The van der Waals surface area contributed by atoms with Gasteiger partial charge in [0.15, 0.2) is 11.5 Å². The standard InChI is InChI=1S/C23H26ClFN2O4/c1-14(22(28)26-16-6-4-5-7-16)27(17-9-10-19(25)18(24)13-17)23(29)15-8-11-20(30-2)21(12-15)31-3/h8-14,16H,4-7H2,1-3H3,(H,26,28). The van der Waals surface area contributed by atoms with Gasteiger partial charge in [-0.1, -0.05) is 24.4 Å². The Morgan fingerprint density at radius 3 is 2.39 bits per heavy atom. The van der Waals surface area contributed by atoms with Crippen LogP contribution in [0.1, 0.15) is 43.0 Å². The summed E-state index contributed by atoms with van der Waals surface area (Å²) in [5.41, 5.74) is 0.610. The molecule has 1 saturated carbocycles. The van der Waals surface area contributed by atoms with Crippen LogP contribution in [0.3, 0.4) is 0 Å². The van der Waals surface area contributed by atoms with Gasteiger partial charge in [0.1, 0.15) is 11.9 Å². The number of hydrogen-bond acceptors (Lipinski definition) is 4. The van der Waals surface area contributed by atoms with Crippen molar-refractivity contribution in [2.24, 2.45) is 0 Å². The van der Waals surface area contributed by atoms with Crippen LogP contribution in [0.4, 0.5) is 10.1 Å². The first-order chi connectivity index (χ1) is 14.8. The van der Waals surface area contributed by atoms with E-state index in [1.54, 1.807) is 25.1 Å². The lowest BCUT2D eigenvalue weighted by atomic mass is 10.1. The average Bonchev–Trinajstić information content (AvgIpc) is 3.28. The zero-order chi connectivity index (χ0) is 22.5. The topological polar surface area (TPSA) is 67.9 Å². The predicted octanol–water partition coefficient (Wildman–Crippen LogP) is 4.59. The van der Waals surface area contributed by atoms with Crippen LogP contribution in [0, 0.1) is 5.82 Å². The molecule has 2 amide bonds. The first-order valence-electron chi connectivity index (χ1n) is 10.2. The van der Waals surface area contributed by atoms with Crippen LogP contribution >= 0.6 is 11.6 Å². The van der Waals surface area contributed by atoms with Gasteiger partial charge in [0.05, 0.1) is 19.2 Å². The fraction of sp³-hybridized carbons (Fsp3) is 0.391. The van der Waals surface area contributed by atoms with Crippen LogP contribution in [0.5, 0.6) is 11.5 Å². The van der Waals surface area contributed by atoms with Gasteiger partial charge in [0, 0.05) is 17.3 Å². The fourth-order valence-corrected chi connectivity index (χ4v) is 3.94. The fourth-order valence-electron chi connectivity index (χ4n) is 3.77. The molecular formula is C23H26ClFN2O4. The highest BCUT2D eigenvalue weighted by atomic mass is 35.5. The van der Waals surface area contributed by atoms with Gasteiger partial charge >= 0.3 is 0 Å². The van der Waals surface area contributed by atoms with Crippen molar-refractivity contribution in [1.29, 1.82) is 0 Å². The highest BCUT2D eigenvalue weighted by molar-refractivity contribution is 6.31. The van der Waals surface area contributed by atoms with E-state index in [1.165, 1.54) is 37.3 Å². The Morgan fingerprint density at radius 1 is 1.10 bits per heavy atom. The Kier molecular flexibility index (Phi) is 7.38. The van der Waals surface area contributed by atoms with Gasteiger partial charge in [0.25, 0.3) is 5.91 Å². The first-order valence-corrected chi connectivity index (χ1v) is 10.5. The van der Waals surface area contributed by atoms with Crippen molar-refractivity contribution < 1.29 is 23.5 Å². The van der Waals surface area contributed by atoms with E-state index in [2.05, 4.69) is 5.32 Å². The Balaban J connectivity index is 1.97. The molecule has 0 bridgehead atoms. The lowest BCUT2D eigenvalue weighted by Gasteiger charge is -2.30. The third kappa shape index (κ3) is 5.10. The summed E-state index contributed by atoms with van der Waals surface area (Å²) in [4.78, 5) is 27.8. The smallest absolute Gasteiger partial charge is 0.259 e. The Morgan fingerprint density at radius 2 is 1.77 bits per heavy atom. The number of methoxy groups -OCH3 is 2. The molecule has 6 nitrogen and oxygen atoms in total. The van der Waals surface area contributed by atoms with Gasteiger partial charge in [-0.05, 0) is 56.2 Å². The van der Waals surface area contributed by atoms with E-state index in [0.717, 1.165) is 25.7 Å². The first kappa shape index (κ1) is 22.9. The number of halogens is 2. The minimum absolute atomic E-state index is 0.102. The maximum atomic E-state index is 13.8. The van der Waals surface area contributed by atoms with E-state index in [0.29, 0.717) is 22.7 Å². The lowest BCUT2D eigenvalue weighted by Crippen LogP contribution is -2.50. The number of anilines is 1. The summed E-state index contributed by atoms with van der Waals surface area (Å²) in [6, 6.07) is 7.95. The second-order valence-electron chi connectivity index (χ2n) is 7.51. The molecule has 0 saturated heterocycles. The summed E-state index contributed by atoms with van der Waals surface area (Å²) < 4.78 is 24.3. The molecule has 1 aliphatic rings. The number of hydrogen-bond donors (Lipinski definition) is 1. The van der Waals surface area contributed by atoms with Gasteiger partial charge in [0.2, 0.25) is 5.91 Å². The normalized spacial score (nSPS) is 14.7.